The van der Waals surface area contributed by atoms with Crippen LogP contribution >= 0.6 is 0 Å². The topological polar surface area (TPSA) is 60.8 Å². The average molecular weight is 222 g/mol. The quantitative estimate of drug-likeness (QED) is 0.620. The number of likely N-dealkylation sites (N-methyl/N-ethyl adjacent to an activating group) is 1. The Kier molecular flexibility index (Phi) is 9.96. The van der Waals surface area contributed by atoms with E-state index in [4.69, 9.17) is 10.2 Å². The van der Waals surface area contributed by atoms with Gasteiger partial charge in [0.25, 0.3) is 0 Å². The van der Waals surface area contributed by atoms with E-state index in [9.17, 15) is 4.79 Å². The summed E-state index contributed by atoms with van der Waals surface area (Å²) in [6, 6.07) is 0. The molecule has 0 bridgehead atoms. The summed E-state index contributed by atoms with van der Waals surface area (Å²) in [7, 11) is 0. The fourth-order valence-corrected chi connectivity index (χ4v) is 0.453. The minimum Gasteiger partial charge on any atom is -0.480 e. The van der Waals surface area contributed by atoms with Crippen LogP contribution in [0.4, 0.5) is 0 Å². The summed E-state index contributed by atoms with van der Waals surface area (Å²) in [5.41, 5.74) is 0. The molecule has 0 fully saturated rings. The van der Waals surface area contributed by atoms with Crippen LogP contribution in [-0.2, 0) is 37.5 Å². The van der Waals surface area contributed by atoms with Gasteiger partial charge in [0.2, 0.25) is 0 Å². The van der Waals surface area contributed by atoms with Crippen molar-refractivity contribution in [2.75, 3.05) is 19.8 Å². The molecule has 0 aliphatic heterocycles. The van der Waals surface area contributed by atoms with Crippen molar-refractivity contribution in [3.63, 3.8) is 0 Å². The molecule has 0 spiro atoms. The molecule has 0 amide bonds. The molecule has 0 saturated carbocycles. The van der Waals surface area contributed by atoms with Crippen LogP contribution < -0.4 is 0 Å². The van der Waals surface area contributed by atoms with E-state index in [2.05, 4.69) is 0 Å². The van der Waals surface area contributed by atoms with Gasteiger partial charge < -0.3 is 10.2 Å². The van der Waals surface area contributed by atoms with E-state index in [1.807, 2.05) is 0 Å². The van der Waals surface area contributed by atoms with Crippen LogP contribution in [0, 0.1) is 0 Å². The molecule has 0 saturated heterocycles. The number of hydrogen-bond acceptors (Lipinski definition) is 3. The van der Waals surface area contributed by atoms with Crippen molar-refractivity contribution in [3.05, 3.63) is 0 Å². The predicted molar refractivity (Wildman–Crippen MR) is 32.0 cm³/mol. The minimum absolute atomic E-state index is 0. The molecule has 0 aliphatic carbocycles. The van der Waals surface area contributed by atoms with Gasteiger partial charge in [-0.2, -0.15) is 0 Å². The summed E-state index contributed by atoms with van der Waals surface area (Å²) in [4.78, 5) is 11.4. The normalized spacial score (nSPS) is 9.10. The molecular weight excluding hydrogens is 211 g/mol. The van der Waals surface area contributed by atoms with Crippen LogP contribution in [0.3, 0.4) is 0 Å². The third-order valence-electron chi connectivity index (χ3n) is 1.01. The van der Waals surface area contributed by atoms with E-state index < -0.39 is 5.97 Å². The van der Waals surface area contributed by atoms with Gasteiger partial charge in [-0.25, -0.2) is 0 Å². The van der Waals surface area contributed by atoms with Gasteiger partial charge in [-0.3, -0.25) is 9.69 Å². The fraction of sp³-hybridized carbons (Fsp3) is 0.800. The molecule has 0 atom stereocenters. The number of carboxylic acid groups (broad SMARTS) is 1. The van der Waals surface area contributed by atoms with Gasteiger partial charge in [0.05, 0.1) is 13.3 Å². The largest absolute Gasteiger partial charge is 0.480 e. The molecule has 4 nitrogen and oxygen atoms in total. The van der Waals surface area contributed by atoms with Gasteiger partial charge in [-0.05, 0) is 6.54 Å². The average Bonchev–Trinajstić information content (AvgIpc) is 1.82. The molecule has 0 aromatic carbocycles. The van der Waals surface area contributed by atoms with Crippen molar-refractivity contribution in [3.8, 4) is 0 Å². The minimum atomic E-state index is -0.911. The van der Waals surface area contributed by atoms with Crippen LogP contribution in [0.25, 0.3) is 0 Å². The maximum absolute atomic E-state index is 9.97. The van der Waals surface area contributed by atoms with E-state index >= 15 is 0 Å². The number of carboxylic acids is 1. The van der Waals surface area contributed by atoms with E-state index in [1.165, 1.54) is 4.90 Å². The van der Waals surface area contributed by atoms with Crippen molar-refractivity contribution in [2.24, 2.45) is 0 Å². The zero-order valence-electron chi connectivity index (χ0n) is 5.95. The third kappa shape index (κ3) is 6.61. The smallest absolute Gasteiger partial charge is 0.317 e. The van der Waals surface area contributed by atoms with Crippen LogP contribution in [0.5, 0.6) is 0 Å². The van der Waals surface area contributed by atoms with Gasteiger partial charge in [0, 0.05) is 32.7 Å². The van der Waals surface area contributed by atoms with Crippen LogP contribution in [0.2, 0.25) is 0 Å². The Bertz CT molecular complexity index is 94.9. The van der Waals surface area contributed by atoms with Crippen molar-refractivity contribution in [1.29, 1.82) is 0 Å². The van der Waals surface area contributed by atoms with Crippen molar-refractivity contribution < 1.29 is 47.7 Å². The molecule has 5 heteroatoms. The summed E-state index contributed by atoms with van der Waals surface area (Å²) < 4.78 is 0. The van der Waals surface area contributed by atoms with Crippen molar-refractivity contribution in [1.82, 2.24) is 4.90 Å². The number of hydrogen-bond donors (Lipinski definition) is 2. The SMILES string of the molecule is CCN(CO)CC(=O)O.[Y]. The summed E-state index contributed by atoms with van der Waals surface area (Å²) in [5.74, 6) is -0.911. The molecule has 0 unspecified atom stereocenters. The summed E-state index contributed by atoms with van der Waals surface area (Å²) >= 11 is 0. The second kappa shape index (κ2) is 7.60. The molecule has 57 valence electrons. The summed E-state index contributed by atoms with van der Waals surface area (Å²) in [5, 5.41) is 16.6. The van der Waals surface area contributed by atoms with E-state index in [0.29, 0.717) is 6.54 Å². The molecule has 0 aromatic heterocycles. The Labute approximate surface area is 85.1 Å². The van der Waals surface area contributed by atoms with Crippen LogP contribution in [0.15, 0.2) is 0 Å². The molecule has 0 aliphatic rings. The first-order valence-corrected chi connectivity index (χ1v) is 2.75. The number of aliphatic hydroxyl groups excluding tert-OH is 1. The Hall–Kier alpha value is 0.494. The maximum atomic E-state index is 9.97. The van der Waals surface area contributed by atoms with E-state index in [0.717, 1.165) is 0 Å². The van der Waals surface area contributed by atoms with Crippen molar-refractivity contribution in [2.45, 2.75) is 6.92 Å². The van der Waals surface area contributed by atoms with E-state index in [1.54, 1.807) is 6.92 Å². The number of aliphatic hydroxyl groups is 1. The Morgan fingerprint density at radius 1 is 1.60 bits per heavy atom. The van der Waals surface area contributed by atoms with E-state index in [-0.39, 0.29) is 46.0 Å². The molecular formula is C5H11NO3Y. The molecule has 10 heavy (non-hydrogen) atoms. The second-order valence-electron chi connectivity index (χ2n) is 1.68. The summed E-state index contributed by atoms with van der Waals surface area (Å²) in [6.45, 7) is 2.07. The number of carbonyl (C=O) groups is 1. The number of aliphatic carboxylic acids is 1. The summed E-state index contributed by atoms with van der Waals surface area (Å²) in [6.07, 6.45) is 0. The van der Waals surface area contributed by atoms with Gasteiger partial charge in [0.1, 0.15) is 0 Å². The zero-order chi connectivity index (χ0) is 7.28. The van der Waals surface area contributed by atoms with Gasteiger partial charge in [-0.15, -0.1) is 0 Å². The Morgan fingerprint density at radius 2 is 2.10 bits per heavy atom. The van der Waals surface area contributed by atoms with Crippen LogP contribution in [0.1, 0.15) is 6.92 Å². The predicted octanol–water partition coefficient (Wildman–Crippen LogP) is -0.660. The monoisotopic (exact) mass is 222 g/mol. The molecule has 0 rings (SSSR count). The molecule has 2 N–H and O–H groups in total. The standard InChI is InChI=1S/C5H11NO3.Y/c1-2-6(4-7)3-5(8)9;/h7H,2-4H2,1H3,(H,8,9);. The first kappa shape index (κ1) is 13.1. The number of nitrogens with zero attached hydrogens (tertiary/aromatic N) is 1. The Morgan fingerprint density at radius 3 is 2.20 bits per heavy atom. The second-order valence-corrected chi connectivity index (χ2v) is 1.68. The van der Waals surface area contributed by atoms with Gasteiger partial charge >= 0.3 is 5.97 Å². The molecule has 1 radical (unpaired) electrons. The van der Waals surface area contributed by atoms with Crippen molar-refractivity contribution >= 4 is 5.97 Å². The fourth-order valence-electron chi connectivity index (χ4n) is 0.453. The van der Waals surface area contributed by atoms with Crippen LogP contribution in [-0.4, -0.2) is 40.9 Å². The molecule has 0 heterocycles. The van der Waals surface area contributed by atoms with Gasteiger partial charge in [-0.1, -0.05) is 6.92 Å². The third-order valence-corrected chi connectivity index (χ3v) is 1.01. The molecule has 0 aromatic rings. The maximum Gasteiger partial charge on any atom is 0.317 e. The first-order valence-electron chi connectivity index (χ1n) is 2.75. The Balaban J connectivity index is 0. The first-order chi connectivity index (χ1) is 4.20. The zero-order valence-corrected chi connectivity index (χ0v) is 8.79. The van der Waals surface area contributed by atoms with Gasteiger partial charge in [0.15, 0.2) is 0 Å². The number of rotatable bonds is 4.